The summed E-state index contributed by atoms with van der Waals surface area (Å²) < 4.78 is 26.7. The molecule has 0 aliphatic carbocycles. The number of nitrogens with zero attached hydrogens (tertiary/aromatic N) is 3. The highest BCUT2D eigenvalue weighted by Gasteiger charge is 2.26. The van der Waals surface area contributed by atoms with E-state index in [1.54, 1.807) is 35.7 Å². The topological polar surface area (TPSA) is 86.7 Å². The molecule has 2 N–H and O–H groups in total. The third-order valence-electron chi connectivity index (χ3n) is 4.80. The highest BCUT2D eigenvalue weighted by Crippen LogP contribution is 2.21. The van der Waals surface area contributed by atoms with Crippen LogP contribution in [0.5, 0.6) is 0 Å². The van der Waals surface area contributed by atoms with Gasteiger partial charge < -0.3 is 10.6 Å². The molecule has 0 spiro atoms. The Labute approximate surface area is 177 Å². The van der Waals surface area contributed by atoms with Gasteiger partial charge in [0.05, 0.1) is 4.90 Å². The number of halogens is 1. The lowest BCUT2D eigenvalue weighted by molar-refractivity contribution is 0.477. The minimum absolute atomic E-state index is 0.349. The normalized spacial score (nSPS) is 15.4. The summed E-state index contributed by atoms with van der Waals surface area (Å²) in [7, 11) is -1.66. The van der Waals surface area contributed by atoms with Gasteiger partial charge in [0.1, 0.15) is 5.15 Å². The Balaban J connectivity index is 1.48. The average Bonchev–Trinajstić information content (AvgIpc) is 3.28. The van der Waals surface area contributed by atoms with Crippen LogP contribution in [0.2, 0.25) is 5.15 Å². The van der Waals surface area contributed by atoms with Gasteiger partial charge in [0, 0.05) is 39.4 Å². The molecule has 9 heteroatoms. The van der Waals surface area contributed by atoms with Gasteiger partial charge in [-0.3, -0.25) is 4.99 Å². The Morgan fingerprint density at radius 1 is 1.10 bits per heavy atom. The van der Waals surface area contributed by atoms with Crippen molar-refractivity contribution < 1.29 is 8.42 Å². The lowest BCUT2D eigenvalue weighted by Crippen LogP contribution is -2.37. The molecule has 0 atom stereocenters. The van der Waals surface area contributed by atoms with Crippen molar-refractivity contribution >= 4 is 27.6 Å². The van der Waals surface area contributed by atoms with Crippen LogP contribution in [0.15, 0.2) is 52.5 Å². The first-order valence-electron chi connectivity index (χ1n) is 9.63. The number of aromatic nitrogens is 1. The minimum atomic E-state index is -3.37. The summed E-state index contributed by atoms with van der Waals surface area (Å²) in [5, 5.41) is 6.97. The Morgan fingerprint density at radius 3 is 2.41 bits per heavy atom. The standard InChI is InChI=1S/C20H26ClN5O2S/c1-22-20(23-11-10-17-6-9-19(21)24-14-17)25-15-16-4-7-18(8-5-16)29(27,28)26-12-2-3-13-26/h4-9,14H,2-3,10-13,15H2,1H3,(H2,22,23,25). The molecular weight excluding hydrogens is 410 g/mol. The molecule has 0 saturated carbocycles. The van der Waals surface area contributed by atoms with Crippen LogP contribution in [0, 0.1) is 0 Å². The number of nitrogens with one attached hydrogen (secondary N) is 2. The van der Waals surface area contributed by atoms with Crippen LogP contribution in [0.25, 0.3) is 0 Å². The second-order valence-corrected chi connectivity index (χ2v) is 9.17. The van der Waals surface area contributed by atoms with Gasteiger partial charge in [0.2, 0.25) is 10.0 Å². The predicted molar refractivity (Wildman–Crippen MR) is 116 cm³/mol. The van der Waals surface area contributed by atoms with Crippen LogP contribution >= 0.6 is 11.6 Å². The van der Waals surface area contributed by atoms with Crippen LogP contribution in [-0.2, 0) is 23.0 Å². The molecule has 156 valence electrons. The molecule has 7 nitrogen and oxygen atoms in total. The highest BCUT2D eigenvalue weighted by atomic mass is 35.5. The van der Waals surface area contributed by atoms with E-state index in [1.807, 2.05) is 18.2 Å². The zero-order valence-electron chi connectivity index (χ0n) is 16.4. The van der Waals surface area contributed by atoms with Crippen molar-refractivity contribution in [2.45, 2.75) is 30.7 Å². The first-order chi connectivity index (χ1) is 14.0. The van der Waals surface area contributed by atoms with E-state index in [1.165, 1.54) is 0 Å². The van der Waals surface area contributed by atoms with Crippen molar-refractivity contribution in [3.63, 3.8) is 0 Å². The van der Waals surface area contributed by atoms with Crippen LogP contribution < -0.4 is 10.6 Å². The number of guanidine groups is 1. The van der Waals surface area contributed by atoms with Crippen LogP contribution in [0.3, 0.4) is 0 Å². The molecule has 0 radical (unpaired) electrons. The van der Waals surface area contributed by atoms with Gasteiger partial charge in [0.25, 0.3) is 0 Å². The molecule has 0 unspecified atom stereocenters. The Kier molecular flexibility index (Phi) is 7.46. The SMILES string of the molecule is CN=C(NCCc1ccc(Cl)nc1)NCc1ccc(S(=O)(=O)N2CCCC2)cc1. The third-order valence-corrected chi connectivity index (χ3v) is 6.94. The van der Waals surface area contributed by atoms with Gasteiger partial charge in [-0.2, -0.15) is 4.31 Å². The maximum atomic E-state index is 12.6. The number of benzene rings is 1. The fourth-order valence-electron chi connectivity index (χ4n) is 3.14. The number of aliphatic imine (C=N–C) groups is 1. The number of rotatable bonds is 7. The van der Waals surface area contributed by atoms with Gasteiger partial charge in [-0.15, -0.1) is 0 Å². The molecule has 1 aromatic heterocycles. The van der Waals surface area contributed by atoms with E-state index < -0.39 is 10.0 Å². The Bertz CT molecular complexity index is 924. The van der Waals surface area contributed by atoms with E-state index in [0.717, 1.165) is 30.4 Å². The maximum absolute atomic E-state index is 12.6. The molecule has 1 aliphatic rings. The van der Waals surface area contributed by atoms with Gasteiger partial charge in [-0.1, -0.05) is 29.8 Å². The summed E-state index contributed by atoms with van der Waals surface area (Å²) in [4.78, 5) is 8.63. The van der Waals surface area contributed by atoms with Crippen LogP contribution in [0.4, 0.5) is 0 Å². The van der Waals surface area contributed by atoms with E-state index in [4.69, 9.17) is 11.6 Å². The molecule has 2 heterocycles. The number of hydrogen-bond donors (Lipinski definition) is 2. The van der Waals surface area contributed by atoms with Crippen LogP contribution in [-0.4, -0.2) is 50.3 Å². The van der Waals surface area contributed by atoms with Crippen molar-refractivity contribution in [2.75, 3.05) is 26.7 Å². The summed E-state index contributed by atoms with van der Waals surface area (Å²) in [6, 6.07) is 10.7. The van der Waals surface area contributed by atoms with E-state index in [9.17, 15) is 8.42 Å². The maximum Gasteiger partial charge on any atom is 0.243 e. The highest BCUT2D eigenvalue weighted by molar-refractivity contribution is 7.89. The van der Waals surface area contributed by atoms with Crippen molar-refractivity contribution in [2.24, 2.45) is 4.99 Å². The third kappa shape index (κ3) is 5.91. The molecule has 0 bridgehead atoms. The Hall–Kier alpha value is -2.16. The quantitative estimate of drug-likeness (QED) is 0.396. The van der Waals surface area contributed by atoms with E-state index in [2.05, 4.69) is 20.6 Å². The second kappa shape index (κ2) is 10.0. The van der Waals surface area contributed by atoms with Crippen molar-refractivity contribution in [3.05, 3.63) is 58.9 Å². The van der Waals surface area contributed by atoms with E-state index >= 15 is 0 Å². The average molecular weight is 436 g/mol. The second-order valence-electron chi connectivity index (χ2n) is 6.85. The molecule has 1 saturated heterocycles. The largest absolute Gasteiger partial charge is 0.356 e. The van der Waals surface area contributed by atoms with Gasteiger partial charge in [-0.05, 0) is 48.6 Å². The molecule has 0 amide bonds. The zero-order chi connectivity index (χ0) is 20.7. The van der Waals surface area contributed by atoms with Crippen molar-refractivity contribution in [1.29, 1.82) is 0 Å². The number of sulfonamides is 1. The van der Waals surface area contributed by atoms with E-state index in [0.29, 0.717) is 42.2 Å². The Morgan fingerprint density at radius 2 is 1.79 bits per heavy atom. The zero-order valence-corrected chi connectivity index (χ0v) is 18.0. The summed E-state index contributed by atoms with van der Waals surface area (Å²) in [5.74, 6) is 0.681. The predicted octanol–water partition coefficient (Wildman–Crippen LogP) is 2.43. The van der Waals surface area contributed by atoms with Crippen LogP contribution in [0.1, 0.15) is 24.0 Å². The smallest absolute Gasteiger partial charge is 0.243 e. The summed E-state index contributed by atoms with van der Waals surface area (Å²) in [6.07, 6.45) is 4.43. The molecule has 1 aliphatic heterocycles. The fourth-order valence-corrected chi connectivity index (χ4v) is 4.77. The molecule has 1 aromatic carbocycles. The monoisotopic (exact) mass is 435 g/mol. The molecular formula is C20H26ClN5O2S. The molecule has 2 aromatic rings. The lowest BCUT2D eigenvalue weighted by atomic mass is 10.2. The lowest BCUT2D eigenvalue weighted by Gasteiger charge is -2.16. The van der Waals surface area contributed by atoms with Gasteiger partial charge >= 0.3 is 0 Å². The van der Waals surface area contributed by atoms with Crippen molar-refractivity contribution in [3.8, 4) is 0 Å². The fraction of sp³-hybridized carbons (Fsp3) is 0.400. The first-order valence-corrected chi connectivity index (χ1v) is 11.4. The van der Waals surface area contributed by atoms with Crippen molar-refractivity contribution in [1.82, 2.24) is 19.9 Å². The number of hydrogen-bond acceptors (Lipinski definition) is 4. The number of pyridine rings is 1. The van der Waals surface area contributed by atoms with Gasteiger partial charge in [0.15, 0.2) is 5.96 Å². The van der Waals surface area contributed by atoms with Gasteiger partial charge in [-0.25, -0.2) is 13.4 Å². The summed E-state index contributed by atoms with van der Waals surface area (Å²) >= 11 is 5.79. The molecule has 1 fully saturated rings. The van der Waals surface area contributed by atoms with E-state index in [-0.39, 0.29) is 0 Å². The molecule has 3 rings (SSSR count). The molecule has 29 heavy (non-hydrogen) atoms. The minimum Gasteiger partial charge on any atom is -0.356 e. The summed E-state index contributed by atoms with van der Waals surface area (Å²) in [6.45, 7) is 2.47. The summed E-state index contributed by atoms with van der Waals surface area (Å²) in [5.41, 5.74) is 2.07. The first kappa shape index (κ1) is 21.5.